The van der Waals surface area contributed by atoms with Crippen LogP contribution in [0.5, 0.6) is 11.5 Å². The molecule has 24 heavy (non-hydrogen) atoms. The predicted octanol–water partition coefficient (Wildman–Crippen LogP) is 2.06. The van der Waals surface area contributed by atoms with Gasteiger partial charge in [-0.15, -0.1) is 0 Å². The zero-order valence-corrected chi connectivity index (χ0v) is 13.3. The third kappa shape index (κ3) is 2.44. The van der Waals surface area contributed by atoms with Crippen LogP contribution in [0.2, 0.25) is 0 Å². The molecule has 0 unspecified atom stereocenters. The van der Waals surface area contributed by atoms with Gasteiger partial charge in [-0.1, -0.05) is 12.1 Å². The Morgan fingerprint density at radius 2 is 2.12 bits per heavy atom. The summed E-state index contributed by atoms with van der Waals surface area (Å²) in [4.78, 5) is 16.8. The highest BCUT2D eigenvalue weighted by atomic mass is 16.6. The van der Waals surface area contributed by atoms with E-state index in [-0.39, 0.29) is 12.5 Å². The second kappa shape index (κ2) is 5.52. The van der Waals surface area contributed by atoms with E-state index in [1.807, 2.05) is 38.2 Å². The van der Waals surface area contributed by atoms with Crippen LogP contribution in [-0.4, -0.2) is 33.4 Å². The first-order chi connectivity index (χ1) is 11.6. The summed E-state index contributed by atoms with van der Waals surface area (Å²) >= 11 is 0. The van der Waals surface area contributed by atoms with Gasteiger partial charge in [-0.2, -0.15) is 5.10 Å². The average Bonchev–Trinajstić information content (AvgIpc) is 2.88. The van der Waals surface area contributed by atoms with Crippen LogP contribution in [0.1, 0.15) is 5.69 Å². The first-order valence-electron chi connectivity index (χ1n) is 7.60. The maximum atomic E-state index is 12.4. The standard InChI is InChI=1S/C17H16N4O3/c1-10-12-7-11(8-18-16(12)21(2)20-10)19-17(22)15-9-23-13-5-3-4-6-14(13)24-15/h3-8,15H,9H2,1-2H3,(H,19,22)/t15-/m1/s1. The van der Waals surface area contributed by atoms with E-state index in [2.05, 4.69) is 15.4 Å². The molecule has 1 amide bonds. The molecule has 1 atom stereocenters. The quantitative estimate of drug-likeness (QED) is 0.780. The van der Waals surface area contributed by atoms with Crippen molar-refractivity contribution in [1.29, 1.82) is 0 Å². The van der Waals surface area contributed by atoms with E-state index < -0.39 is 6.10 Å². The fourth-order valence-electron chi connectivity index (χ4n) is 2.75. The average molecular weight is 324 g/mol. The molecule has 7 nitrogen and oxygen atoms in total. The third-order valence-electron chi connectivity index (χ3n) is 3.93. The molecule has 3 heterocycles. The fourth-order valence-corrected chi connectivity index (χ4v) is 2.75. The van der Waals surface area contributed by atoms with E-state index in [9.17, 15) is 4.79 Å². The van der Waals surface area contributed by atoms with Crippen molar-refractivity contribution in [2.24, 2.45) is 7.05 Å². The van der Waals surface area contributed by atoms with Crippen LogP contribution in [0.3, 0.4) is 0 Å². The number of fused-ring (bicyclic) bond motifs is 2. The molecule has 0 aliphatic carbocycles. The SMILES string of the molecule is Cc1nn(C)c2ncc(NC(=O)[C@H]3COc4ccccc4O3)cc12. The minimum Gasteiger partial charge on any atom is -0.485 e. The summed E-state index contributed by atoms with van der Waals surface area (Å²) < 4.78 is 13.0. The number of rotatable bonds is 2. The highest BCUT2D eigenvalue weighted by molar-refractivity contribution is 5.96. The fraction of sp³-hybridized carbons (Fsp3) is 0.235. The summed E-state index contributed by atoms with van der Waals surface area (Å²) in [6, 6.07) is 9.15. The lowest BCUT2D eigenvalue weighted by atomic mass is 10.2. The van der Waals surface area contributed by atoms with Crippen LogP contribution in [0.25, 0.3) is 11.0 Å². The summed E-state index contributed by atoms with van der Waals surface area (Å²) in [7, 11) is 1.84. The van der Waals surface area contributed by atoms with Gasteiger partial charge in [-0.25, -0.2) is 4.98 Å². The first kappa shape index (κ1) is 14.5. The molecule has 2 aromatic heterocycles. The first-order valence-corrected chi connectivity index (χ1v) is 7.60. The maximum absolute atomic E-state index is 12.4. The number of carbonyl (C=O) groups excluding carboxylic acids is 1. The van der Waals surface area contributed by atoms with Crippen LogP contribution in [0.15, 0.2) is 36.5 Å². The Morgan fingerprint density at radius 3 is 2.96 bits per heavy atom. The van der Waals surface area contributed by atoms with E-state index in [0.717, 1.165) is 16.7 Å². The molecule has 3 aromatic rings. The molecule has 0 fully saturated rings. The second-order valence-corrected chi connectivity index (χ2v) is 5.66. The number of aromatic nitrogens is 3. The number of nitrogens with zero attached hydrogens (tertiary/aromatic N) is 3. The van der Waals surface area contributed by atoms with Crippen LogP contribution in [0, 0.1) is 6.92 Å². The second-order valence-electron chi connectivity index (χ2n) is 5.66. The normalized spacial score (nSPS) is 16.2. The molecule has 0 saturated carbocycles. The van der Waals surface area contributed by atoms with Gasteiger partial charge in [0.1, 0.15) is 6.61 Å². The Bertz CT molecular complexity index is 935. The Hall–Kier alpha value is -3.09. The van der Waals surface area contributed by atoms with Gasteiger partial charge < -0.3 is 14.8 Å². The van der Waals surface area contributed by atoms with E-state index >= 15 is 0 Å². The van der Waals surface area contributed by atoms with Gasteiger partial charge in [0.25, 0.3) is 5.91 Å². The number of hydrogen-bond acceptors (Lipinski definition) is 5. The van der Waals surface area contributed by atoms with E-state index in [4.69, 9.17) is 9.47 Å². The van der Waals surface area contributed by atoms with E-state index in [0.29, 0.717) is 17.2 Å². The van der Waals surface area contributed by atoms with Gasteiger partial charge in [0.05, 0.1) is 17.6 Å². The predicted molar refractivity (Wildman–Crippen MR) is 88.2 cm³/mol. The molecule has 1 aromatic carbocycles. The van der Waals surface area contributed by atoms with Crippen molar-refractivity contribution < 1.29 is 14.3 Å². The van der Waals surface area contributed by atoms with E-state index in [1.165, 1.54) is 0 Å². The Balaban J connectivity index is 1.53. The van der Waals surface area contributed by atoms with Gasteiger partial charge >= 0.3 is 0 Å². The monoisotopic (exact) mass is 324 g/mol. The zero-order chi connectivity index (χ0) is 16.7. The molecule has 0 saturated heterocycles. The molecular formula is C17H16N4O3. The van der Waals surface area contributed by atoms with Gasteiger partial charge in [0, 0.05) is 12.4 Å². The summed E-state index contributed by atoms with van der Waals surface area (Å²) in [5, 5.41) is 8.05. The Labute approximate surface area is 138 Å². The van der Waals surface area contributed by atoms with Gasteiger partial charge in [-0.05, 0) is 25.1 Å². The minimum absolute atomic E-state index is 0.171. The van der Waals surface area contributed by atoms with Crippen LogP contribution < -0.4 is 14.8 Å². The lowest BCUT2D eigenvalue weighted by Crippen LogP contribution is -2.40. The Morgan fingerprint density at radius 1 is 1.33 bits per heavy atom. The number of benzene rings is 1. The molecule has 0 radical (unpaired) electrons. The third-order valence-corrected chi connectivity index (χ3v) is 3.93. The van der Waals surface area contributed by atoms with Crippen molar-refractivity contribution in [2.75, 3.05) is 11.9 Å². The molecule has 0 bridgehead atoms. The van der Waals surface area contributed by atoms with Gasteiger partial charge in [0.2, 0.25) is 6.10 Å². The molecule has 1 aliphatic heterocycles. The van der Waals surface area contributed by atoms with Gasteiger partial charge in [0.15, 0.2) is 17.1 Å². The summed E-state index contributed by atoms with van der Waals surface area (Å²) in [5.41, 5.74) is 2.24. The molecule has 7 heteroatoms. The van der Waals surface area contributed by atoms with Crippen molar-refractivity contribution >= 4 is 22.6 Å². The Kier molecular flexibility index (Phi) is 3.34. The number of ether oxygens (including phenoxy) is 2. The molecule has 1 N–H and O–H groups in total. The minimum atomic E-state index is -0.703. The van der Waals surface area contributed by atoms with Crippen molar-refractivity contribution in [3.63, 3.8) is 0 Å². The lowest BCUT2D eigenvalue weighted by molar-refractivity contribution is -0.125. The van der Waals surface area contributed by atoms with Crippen molar-refractivity contribution in [3.8, 4) is 11.5 Å². The van der Waals surface area contributed by atoms with Crippen molar-refractivity contribution in [3.05, 3.63) is 42.2 Å². The van der Waals surface area contributed by atoms with Crippen molar-refractivity contribution in [2.45, 2.75) is 13.0 Å². The summed E-state index contributed by atoms with van der Waals surface area (Å²) in [6.45, 7) is 2.08. The van der Waals surface area contributed by atoms with Crippen LogP contribution in [0.4, 0.5) is 5.69 Å². The van der Waals surface area contributed by atoms with Crippen LogP contribution >= 0.6 is 0 Å². The molecule has 4 rings (SSSR count). The number of carbonyl (C=O) groups is 1. The molecule has 1 aliphatic rings. The number of nitrogens with one attached hydrogen (secondary N) is 1. The molecule has 122 valence electrons. The van der Waals surface area contributed by atoms with E-state index in [1.54, 1.807) is 16.9 Å². The smallest absolute Gasteiger partial charge is 0.269 e. The number of para-hydroxylation sites is 2. The number of anilines is 1. The maximum Gasteiger partial charge on any atom is 0.269 e. The highest BCUT2D eigenvalue weighted by Crippen LogP contribution is 2.31. The van der Waals surface area contributed by atoms with Gasteiger partial charge in [-0.3, -0.25) is 9.48 Å². The van der Waals surface area contributed by atoms with Crippen LogP contribution in [-0.2, 0) is 11.8 Å². The lowest BCUT2D eigenvalue weighted by Gasteiger charge is -2.25. The number of pyridine rings is 1. The number of amides is 1. The molecular weight excluding hydrogens is 308 g/mol. The zero-order valence-electron chi connectivity index (χ0n) is 13.3. The topological polar surface area (TPSA) is 78.3 Å². The summed E-state index contributed by atoms with van der Waals surface area (Å²) in [6.07, 6.45) is 0.907. The summed E-state index contributed by atoms with van der Waals surface area (Å²) in [5.74, 6) is 0.948. The largest absolute Gasteiger partial charge is 0.485 e. The number of hydrogen-bond donors (Lipinski definition) is 1. The molecule has 0 spiro atoms. The number of aryl methyl sites for hydroxylation is 2. The highest BCUT2D eigenvalue weighted by Gasteiger charge is 2.27. The van der Waals surface area contributed by atoms with Crippen molar-refractivity contribution in [1.82, 2.24) is 14.8 Å².